The zero-order chi connectivity index (χ0) is 17.2. The zero-order valence-electron chi connectivity index (χ0n) is 14.2. The van der Waals surface area contributed by atoms with Crippen LogP contribution in [0.5, 0.6) is 0 Å². The molecule has 3 heterocycles. The highest BCUT2D eigenvalue weighted by Gasteiger charge is 2.34. The third-order valence-electron chi connectivity index (χ3n) is 5.19. The van der Waals surface area contributed by atoms with E-state index in [0.29, 0.717) is 11.1 Å². The number of fused-ring (bicyclic) bond motifs is 1. The van der Waals surface area contributed by atoms with E-state index >= 15 is 0 Å². The van der Waals surface area contributed by atoms with Crippen LogP contribution in [-0.2, 0) is 13.0 Å². The van der Waals surface area contributed by atoms with Crippen molar-refractivity contribution >= 4 is 5.91 Å². The number of aryl methyl sites for hydroxylation is 1. The maximum atomic E-state index is 13.0. The standard InChI is InChI=1S/C19H21N5O/c20-13-14-6-4-7-15(12-14)19(25)23-11-5-8-16(23)18-22-21-17-9-2-1-3-10-24(17)18/h4,6-7,12,16H,1-3,5,8-11H2. The van der Waals surface area contributed by atoms with Gasteiger partial charge in [-0.1, -0.05) is 12.5 Å². The molecule has 25 heavy (non-hydrogen) atoms. The second-order valence-electron chi connectivity index (χ2n) is 6.79. The van der Waals surface area contributed by atoms with E-state index in [0.717, 1.165) is 56.8 Å². The molecule has 0 bridgehead atoms. The van der Waals surface area contributed by atoms with Crippen molar-refractivity contribution in [3.8, 4) is 6.07 Å². The van der Waals surface area contributed by atoms with E-state index in [1.165, 1.54) is 6.42 Å². The summed E-state index contributed by atoms with van der Waals surface area (Å²) in [6.07, 6.45) is 6.38. The number of hydrogen-bond donors (Lipinski definition) is 0. The second-order valence-corrected chi connectivity index (χ2v) is 6.79. The molecule has 0 aliphatic carbocycles. The minimum Gasteiger partial charge on any atom is -0.328 e. The fourth-order valence-corrected chi connectivity index (χ4v) is 3.92. The van der Waals surface area contributed by atoms with Gasteiger partial charge in [0.1, 0.15) is 5.82 Å². The molecule has 128 valence electrons. The topological polar surface area (TPSA) is 74.8 Å². The summed E-state index contributed by atoms with van der Waals surface area (Å²) < 4.78 is 2.23. The van der Waals surface area contributed by atoms with Gasteiger partial charge in [-0.25, -0.2) is 0 Å². The quantitative estimate of drug-likeness (QED) is 0.846. The molecule has 2 aliphatic heterocycles. The van der Waals surface area contributed by atoms with Crippen molar-refractivity contribution in [2.75, 3.05) is 6.54 Å². The van der Waals surface area contributed by atoms with Crippen LogP contribution in [0.4, 0.5) is 0 Å². The van der Waals surface area contributed by atoms with Gasteiger partial charge in [0.05, 0.1) is 17.7 Å². The van der Waals surface area contributed by atoms with Gasteiger partial charge in [-0.05, 0) is 43.9 Å². The number of rotatable bonds is 2. The average molecular weight is 335 g/mol. The largest absolute Gasteiger partial charge is 0.328 e. The van der Waals surface area contributed by atoms with Crippen molar-refractivity contribution in [1.29, 1.82) is 5.26 Å². The van der Waals surface area contributed by atoms with E-state index in [9.17, 15) is 4.79 Å². The summed E-state index contributed by atoms with van der Waals surface area (Å²) in [6, 6.07) is 9.02. The maximum absolute atomic E-state index is 13.0. The molecule has 0 N–H and O–H groups in total. The summed E-state index contributed by atoms with van der Waals surface area (Å²) in [6.45, 7) is 1.67. The monoisotopic (exact) mass is 335 g/mol. The molecule has 6 heteroatoms. The molecule has 0 saturated carbocycles. The molecule has 1 amide bonds. The first-order chi connectivity index (χ1) is 12.3. The van der Waals surface area contributed by atoms with E-state index < -0.39 is 0 Å². The minimum atomic E-state index is -0.0226. The number of nitrogens with zero attached hydrogens (tertiary/aromatic N) is 5. The number of hydrogen-bond acceptors (Lipinski definition) is 4. The Morgan fingerprint density at radius 1 is 1.16 bits per heavy atom. The molecule has 1 aromatic heterocycles. The number of carbonyl (C=O) groups excluding carboxylic acids is 1. The van der Waals surface area contributed by atoms with Crippen molar-refractivity contribution in [2.45, 2.75) is 51.1 Å². The number of aromatic nitrogens is 3. The van der Waals surface area contributed by atoms with Crippen LogP contribution in [0.2, 0.25) is 0 Å². The lowest BCUT2D eigenvalue weighted by molar-refractivity contribution is 0.0727. The lowest BCUT2D eigenvalue weighted by Crippen LogP contribution is -2.32. The van der Waals surface area contributed by atoms with Gasteiger partial charge >= 0.3 is 0 Å². The summed E-state index contributed by atoms with van der Waals surface area (Å²) in [4.78, 5) is 14.9. The van der Waals surface area contributed by atoms with Gasteiger partial charge in [-0.2, -0.15) is 5.26 Å². The highest BCUT2D eigenvalue weighted by molar-refractivity contribution is 5.95. The Kier molecular flexibility index (Phi) is 4.22. The lowest BCUT2D eigenvalue weighted by Gasteiger charge is -2.25. The highest BCUT2D eigenvalue weighted by atomic mass is 16.2. The number of likely N-dealkylation sites (tertiary alicyclic amines) is 1. The predicted octanol–water partition coefficient (Wildman–Crippen LogP) is 2.85. The van der Waals surface area contributed by atoms with Crippen molar-refractivity contribution in [1.82, 2.24) is 19.7 Å². The molecule has 0 radical (unpaired) electrons. The first-order valence-corrected chi connectivity index (χ1v) is 9.01. The van der Waals surface area contributed by atoms with Gasteiger partial charge < -0.3 is 9.47 Å². The van der Waals surface area contributed by atoms with Crippen LogP contribution in [0.3, 0.4) is 0 Å². The SMILES string of the molecule is N#Cc1cccc(C(=O)N2CCCC2c2nnc3n2CCCCC3)c1. The smallest absolute Gasteiger partial charge is 0.254 e. The van der Waals surface area contributed by atoms with Crippen LogP contribution in [0.1, 0.15) is 65.7 Å². The van der Waals surface area contributed by atoms with Gasteiger partial charge in [0.25, 0.3) is 5.91 Å². The fourth-order valence-electron chi connectivity index (χ4n) is 3.92. The average Bonchev–Trinajstić information content (AvgIpc) is 3.22. The zero-order valence-corrected chi connectivity index (χ0v) is 14.2. The molecule has 2 aromatic rings. The Morgan fingerprint density at radius 3 is 2.96 bits per heavy atom. The number of benzene rings is 1. The summed E-state index contributed by atoms with van der Waals surface area (Å²) in [7, 11) is 0. The van der Waals surface area contributed by atoms with Crippen LogP contribution >= 0.6 is 0 Å². The molecular formula is C19H21N5O. The molecule has 1 saturated heterocycles. The molecule has 2 aliphatic rings. The van der Waals surface area contributed by atoms with Crippen LogP contribution in [0.25, 0.3) is 0 Å². The minimum absolute atomic E-state index is 0.0161. The summed E-state index contributed by atoms with van der Waals surface area (Å²) in [5.41, 5.74) is 1.08. The summed E-state index contributed by atoms with van der Waals surface area (Å²) in [5.74, 6) is 1.96. The van der Waals surface area contributed by atoms with Crippen molar-refractivity contribution in [3.63, 3.8) is 0 Å². The normalized spacial score (nSPS) is 20.0. The van der Waals surface area contributed by atoms with Crippen molar-refractivity contribution < 1.29 is 4.79 Å². The van der Waals surface area contributed by atoms with Gasteiger partial charge in [-0.15, -0.1) is 10.2 Å². The van der Waals surface area contributed by atoms with Crippen LogP contribution in [-0.4, -0.2) is 32.1 Å². The number of amides is 1. The van der Waals surface area contributed by atoms with Gasteiger partial charge in [0.2, 0.25) is 0 Å². The van der Waals surface area contributed by atoms with Crippen LogP contribution in [0, 0.1) is 11.3 Å². The molecule has 6 nitrogen and oxygen atoms in total. The first-order valence-electron chi connectivity index (χ1n) is 9.01. The molecule has 4 rings (SSSR count). The fraction of sp³-hybridized carbons (Fsp3) is 0.474. The van der Waals surface area contributed by atoms with Crippen molar-refractivity contribution in [3.05, 3.63) is 47.0 Å². The number of nitriles is 1. The number of carbonyl (C=O) groups is 1. The summed E-state index contributed by atoms with van der Waals surface area (Å²) >= 11 is 0. The molecule has 1 aromatic carbocycles. The van der Waals surface area contributed by atoms with Crippen LogP contribution in [0.15, 0.2) is 24.3 Å². The Hall–Kier alpha value is -2.68. The van der Waals surface area contributed by atoms with E-state index in [4.69, 9.17) is 5.26 Å². The molecule has 1 unspecified atom stereocenters. The van der Waals surface area contributed by atoms with Gasteiger partial charge in [0, 0.05) is 25.1 Å². The predicted molar refractivity (Wildman–Crippen MR) is 91.7 cm³/mol. The van der Waals surface area contributed by atoms with Crippen molar-refractivity contribution in [2.24, 2.45) is 0 Å². The summed E-state index contributed by atoms with van der Waals surface area (Å²) in [5, 5.41) is 17.9. The Labute approximate surface area is 147 Å². The Bertz CT molecular complexity index is 835. The third kappa shape index (κ3) is 2.91. The second kappa shape index (κ2) is 6.67. The molecule has 1 fully saturated rings. The Balaban J connectivity index is 1.64. The lowest BCUT2D eigenvalue weighted by atomic mass is 10.1. The van der Waals surface area contributed by atoms with Crippen LogP contribution < -0.4 is 0 Å². The Morgan fingerprint density at radius 2 is 2.08 bits per heavy atom. The van der Waals surface area contributed by atoms with Gasteiger partial charge in [0.15, 0.2) is 5.82 Å². The van der Waals surface area contributed by atoms with E-state index in [-0.39, 0.29) is 11.9 Å². The molecule has 1 atom stereocenters. The van der Waals surface area contributed by atoms with E-state index in [1.807, 2.05) is 4.90 Å². The maximum Gasteiger partial charge on any atom is 0.254 e. The molecule has 0 spiro atoms. The third-order valence-corrected chi connectivity index (χ3v) is 5.19. The molecular weight excluding hydrogens is 314 g/mol. The van der Waals surface area contributed by atoms with E-state index in [1.54, 1.807) is 24.3 Å². The first kappa shape index (κ1) is 15.8. The van der Waals surface area contributed by atoms with E-state index in [2.05, 4.69) is 20.8 Å². The van der Waals surface area contributed by atoms with Gasteiger partial charge in [-0.3, -0.25) is 4.79 Å². The highest BCUT2D eigenvalue weighted by Crippen LogP contribution is 2.33.